The topological polar surface area (TPSA) is 9.23 Å². The minimum atomic E-state index is -0.153. The molecule has 0 aliphatic carbocycles. The number of ether oxygens (including phenoxy) is 1. The van der Waals surface area contributed by atoms with E-state index >= 15 is 0 Å². The highest BCUT2D eigenvalue weighted by atomic mass is 16.5. The minimum absolute atomic E-state index is 0.153. The molecule has 0 fully saturated rings. The maximum atomic E-state index is 5.96. The molecule has 0 bridgehead atoms. The number of allylic oxidation sites excluding steroid dienone is 1. The molecule has 2 unspecified atom stereocenters. The molecule has 0 saturated carbocycles. The molecule has 0 saturated heterocycles. The van der Waals surface area contributed by atoms with E-state index < -0.39 is 0 Å². The Bertz CT molecular complexity index is 516. The number of hydrogen-bond donors (Lipinski definition) is 0. The molecule has 1 aromatic carbocycles. The van der Waals surface area contributed by atoms with Crippen LogP contribution < -0.4 is 4.74 Å². The minimum Gasteiger partial charge on any atom is -0.488 e. The second-order valence-electron chi connectivity index (χ2n) is 9.10. The smallest absolute Gasteiger partial charge is 0.120 e. The van der Waals surface area contributed by atoms with E-state index in [2.05, 4.69) is 86.2 Å². The molecule has 0 radical (unpaired) electrons. The van der Waals surface area contributed by atoms with Crippen molar-refractivity contribution >= 4 is 0 Å². The van der Waals surface area contributed by atoms with Gasteiger partial charge in [0.05, 0.1) is 0 Å². The first-order valence-corrected chi connectivity index (χ1v) is 9.39. The summed E-state index contributed by atoms with van der Waals surface area (Å²) in [4.78, 5) is 0. The van der Waals surface area contributed by atoms with E-state index in [1.807, 2.05) is 0 Å². The second kappa shape index (κ2) is 8.23. The Balaban J connectivity index is 2.99. The highest BCUT2D eigenvalue weighted by Gasteiger charge is 2.26. The summed E-state index contributed by atoms with van der Waals surface area (Å²) in [7, 11) is 0. The van der Waals surface area contributed by atoms with Gasteiger partial charge < -0.3 is 4.74 Å². The Morgan fingerprint density at radius 1 is 1.08 bits per heavy atom. The summed E-state index contributed by atoms with van der Waals surface area (Å²) in [6.45, 7) is 21.9. The van der Waals surface area contributed by atoms with Gasteiger partial charge >= 0.3 is 0 Å². The van der Waals surface area contributed by atoms with Crippen molar-refractivity contribution in [3.8, 4) is 5.75 Å². The zero-order chi connectivity index (χ0) is 18.5. The largest absolute Gasteiger partial charge is 0.488 e. The zero-order valence-electron chi connectivity index (χ0n) is 17.2. The Kier molecular flexibility index (Phi) is 7.13. The lowest BCUT2D eigenvalue weighted by Gasteiger charge is -2.32. The Morgan fingerprint density at radius 3 is 2.04 bits per heavy atom. The van der Waals surface area contributed by atoms with Crippen molar-refractivity contribution in [2.45, 2.75) is 86.2 Å². The molecule has 0 amide bonds. The van der Waals surface area contributed by atoms with E-state index in [1.165, 1.54) is 24.0 Å². The van der Waals surface area contributed by atoms with Gasteiger partial charge in [-0.15, -0.1) is 0 Å². The number of benzene rings is 1. The van der Waals surface area contributed by atoms with Gasteiger partial charge in [0.25, 0.3) is 0 Å². The van der Waals surface area contributed by atoms with Crippen LogP contribution in [0.15, 0.2) is 36.4 Å². The van der Waals surface area contributed by atoms with Gasteiger partial charge in [-0.1, -0.05) is 58.4 Å². The SMILES string of the molecule is C=C(C)C(C)(C)CC(CC(C)CC)c1ccc(OC(C)(C)C)cc1. The Hall–Kier alpha value is -1.24. The predicted molar refractivity (Wildman–Crippen MR) is 107 cm³/mol. The third kappa shape index (κ3) is 6.71. The van der Waals surface area contributed by atoms with Crippen LogP contribution in [0.2, 0.25) is 0 Å². The summed E-state index contributed by atoms with van der Waals surface area (Å²) in [5, 5.41) is 0. The van der Waals surface area contributed by atoms with Crippen molar-refractivity contribution in [2.24, 2.45) is 11.3 Å². The van der Waals surface area contributed by atoms with Gasteiger partial charge in [-0.05, 0) is 75.5 Å². The van der Waals surface area contributed by atoms with E-state index in [0.29, 0.717) is 5.92 Å². The molecule has 2 atom stereocenters. The van der Waals surface area contributed by atoms with E-state index in [4.69, 9.17) is 4.74 Å². The summed E-state index contributed by atoms with van der Waals surface area (Å²) < 4.78 is 5.96. The first-order chi connectivity index (χ1) is 10.9. The van der Waals surface area contributed by atoms with E-state index in [-0.39, 0.29) is 11.0 Å². The average molecular weight is 331 g/mol. The maximum absolute atomic E-state index is 5.96. The fourth-order valence-electron chi connectivity index (χ4n) is 2.94. The summed E-state index contributed by atoms with van der Waals surface area (Å²) in [6, 6.07) is 8.75. The number of hydrogen-bond acceptors (Lipinski definition) is 1. The van der Waals surface area contributed by atoms with Crippen molar-refractivity contribution in [3.63, 3.8) is 0 Å². The van der Waals surface area contributed by atoms with Crippen LogP contribution >= 0.6 is 0 Å². The molecule has 1 nitrogen and oxygen atoms in total. The van der Waals surface area contributed by atoms with Crippen molar-refractivity contribution in [3.05, 3.63) is 42.0 Å². The fraction of sp³-hybridized carbons (Fsp3) is 0.652. The quantitative estimate of drug-likeness (QED) is 0.452. The zero-order valence-corrected chi connectivity index (χ0v) is 17.2. The molecule has 1 heteroatoms. The van der Waals surface area contributed by atoms with Crippen LogP contribution in [0.5, 0.6) is 5.75 Å². The molecule has 1 rings (SSSR count). The van der Waals surface area contributed by atoms with Gasteiger partial charge in [0, 0.05) is 0 Å². The Labute approximate surface area is 150 Å². The maximum Gasteiger partial charge on any atom is 0.120 e. The van der Waals surface area contributed by atoms with Gasteiger partial charge in [0.1, 0.15) is 11.4 Å². The normalized spacial score (nSPS) is 15.0. The fourth-order valence-corrected chi connectivity index (χ4v) is 2.94. The first kappa shape index (κ1) is 20.8. The lowest BCUT2D eigenvalue weighted by molar-refractivity contribution is 0.131. The van der Waals surface area contributed by atoms with Crippen molar-refractivity contribution in [1.82, 2.24) is 0 Å². The Morgan fingerprint density at radius 2 is 1.62 bits per heavy atom. The van der Waals surface area contributed by atoms with Crippen LogP contribution in [0.25, 0.3) is 0 Å². The average Bonchev–Trinajstić information content (AvgIpc) is 2.45. The predicted octanol–water partition coefficient (Wildman–Crippen LogP) is 7.38. The third-order valence-corrected chi connectivity index (χ3v) is 5.07. The molecule has 0 heterocycles. The molecule has 0 aromatic heterocycles. The van der Waals surface area contributed by atoms with Crippen LogP contribution in [0.4, 0.5) is 0 Å². The molecule has 0 N–H and O–H groups in total. The standard InChI is InChI=1S/C23H38O/c1-10-18(4)15-20(16-23(8,9)17(2)3)19-11-13-21(14-12-19)24-22(5,6)7/h11-14,18,20H,2,10,15-16H2,1,3-9H3. The summed E-state index contributed by atoms with van der Waals surface area (Å²) in [6.07, 6.45) is 3.61. The lowest BCUT2D eigenvalue weighted by atomic mass is 9.73. The van der Waals surface area contributed by atoms with Gasteiger partial charge in [-0.25, -0.2) is 0 Å². The summed E-state index contributed by atoms with van der Waals surface area (Å²) >= 11 is 0. The molecule has 136 valence electrons. The summed E-state index contributed by atoms with van der Waals surface area (Å²) in [5.41, 5.74) is 2.70. The van der Waals surface area contributed by atoms with E-state index in [9.17, 15) is 0 Å². The van der Waals surface area contributed by atoms with Crippen LogP contribution in [0.1, 0.15) is 86.1 Å². The van der Waals surface area contributed by atoms with Gasteiger partial charge in [-0.3, -0.25) is 0 Å². The first-order valence-electron chi connectivity index (χ1n) is 9.39. The highest BCUT2D eigenvalue weighted by molar-refractivity contribution is 5.30. The van der Waals surface area contributed by atoms with Crippen molar-refractivity contribution in [1.29, 1.82) is 0 Å². The van der Waals surface area contributed by atoms with Gasteiger partial charge in [0.15, 0.2) is 0 Å². The summed E-state index contributed by atoms with van der Waals surface area (Å²) in [5.74, 6) is 2.25. The van der Waals surface area contributed by atoms with E-state index in [0.717, 1.165) is 18.1 Å². The molecule has 1 aromatic rings. The molecular formula is C23H38O. The van der Waals surface area contributed by atoms with Gasteiger partial charge in [-0.2, -0.15) is 0 Å². The number of rotatable bonds is 8. The van der Waals surface area contributed by atoms with Crippen LogP contribution in [-0.4, -0.2) is 5.60 Å². The van der Waals surface area contributed by atoms with Crippen molar-refractivity contribution < 1.29 is 4.74 Å². The second-order valence-corrected chi connectivity index (χ2v) is 9.10. The van der Waals surface area contributed by atoms with Crippen molar-refractivity contribution in [2.75, 3.05) is 0 Å². The third-order valence-electron chi connectivity index (χ3n) is 5.07. The van der Waals surface area contributed by atoms with Crippen LogP contribution in [0.3, 0.4) is 0 Å². The molecule has 0 spiro atoms. The van der Waals surface area contributed by atoms with Crippen LogP contribution in [0, 0.1) is 11.3 Å². The molecule has 0 aliphatic rings. The molecule has 0 aliphatic heterocycles. The highest BCUT2D eigenvalue weighted by Crippen LogP contribution is 2.40. The van der Waals surface area contributed by atoms with Crippen LogP contribution in [-0.2, 0) is 0 Å². The molecule has 24 heavy (non-hydrogen) atoms. The van der Waals surface area contributed by atoms with Gasteiger partial charge in [0.2, 0.25) is 0 Å². The molecular weight excluding hydrogens is 292 g/mol. The lowest BCUT2D eigenvalue weighted by Crippen LogP contribution is -2.23. The van der Waals surface area contributed by atoms with E-state index in [1.54, 1.807) is 0 Å². The monoisotopic (exact) mass is 330 g/mol.